The molecule has 23 heavy (non-hydrogen) atoms. The van der Waals surface area contributed by atoms with Crippen molar-refractivity contribution < 1.29 is 9.18 Å². The minimum Gasteiger partial charge on any atom is -0.305 e. The normalized spacial score (nSPS) is 13.9. The Morgan fingerprint density at radius 2 is 2.09 bits per heavy atom. The Kier molecular flexibility index (Phi) is 3.42. The number of amides is 1. The van der Waals surface area contributed by atoms with E-state index in [0.717, 1.165) is 16.3 Å². The molecule has 4 rings (SSSR count). The van der Waals surface area contributed by atoms with Gasteiger partial charge < -0.3 is 4.90 Å². The smallest absolute Gasteiger partial charge is 0.260 e. The number of thioether (sulfide) groups is 1. The molecule has 1 aromatic carbocycles. The van der Waals surface area contributed by atoms with E-state index in [1.54, 1.807) is 29.1 Å². The molecule has 7 heteroatoms. The molecule has 0 fully saturated rings. The quantitative estimate of drug-likeness (QED) is 0.688. The second-order valence-corrected chi connectivity index (χ2v) is 6.16. The predicted octanol–water partition coefficient (Wildman–Crippen LogP) is 2.92. The van der Waals surface area contributed by atoms with Gasteiger partial charge in [-0.15, -0.1) is 11.8 Å². The number of nitrogens with zero attached hydrogens (tertiary/aromatic N) is 4. The summed E-state index contributed by atoms with van der Waals surface area (Å²) in [6.45, 7) is 0.542. The summed E-state index contributed by atoms with van der Waals surface area (Å²) >= 11 is 1.68. The highest BCUT2D eigenvalue weighted by molar-refractivity contribution is 7.99. The van der Waals surface area contributed by atoms with Crippen LogP contribution in [0, 0.1) is 5.82 Å². The van der Waals surface area contributed by atoms with Gasteiger partial charge >= 0.3 is 0 Å². The Labute approximate surface area is 135 Å². The Hall–Kier alpha value is -2.54. The van der Waals surface area contributed by atoms with Gasteiger partial charge in [-0.05, 0) is 12.1 Å². The highest BCUT2D eigenvalue weighted by Gasteiger charge is 2.26. The van der Waals surface area contributed by atoms with Crippen LogP contribution in [-0.4, -0.2) is 33.2 Å². The molecule has 0 N–H and O–H groups in total. The molecule has 2 aromatic heterocycles. The monoisotopic (exact) mass is 326 g/mol. The number of carbonyl (C=O) groups excluding carboxylic acids is 1. The molecule has 1 amide bonds. The molecule has 3 heterocycles. The van der Waals surface area contributed by atoms with Crippen LogP contribution in [0.3, 0.4) is 0 Å². The average Bonchev–Trinajstić information content (AvgIpc) is 2.60. The van der Waals surface area contributed by atoms with E-state index < -0.39 is 5.82 Å². The van der Waals surface area contributed by atoms with Crippen LogP contribution in [0.4, 0.5) is 10.1 Å². The molecular formula is C16H11FN4OS. The number of pyridine rings is 1. The van der Waals surface area contributed by atoms with Gasteiger partial charge in [0.25, 0.3) is 5.91 Å². The van der Waals surface area contributed by atoms with Gasteiger partial charge in [0.2, 0.25) is 0 Å². The molecular weight excluding hydrogens is 315 g/mol. The standard InChI is InChI=1S/C16H11FN4OS/c17-10-7-11(15-12(8-10)19-3-4-20-15)16(22)21-5-6-23-14-1-2-18-9-13(14)21/h1-4,7-9H,5-6H2. The van der Waals surface area contributed by atoms with Crippen LogP contribution in [0.5, 0.6) is 0 Å². The van der Waals surface area contributed by atoms with Crippen molar-refractivity contribution in [2.45, 2.75) is 4.90 Å². The van der Waals surface area contributed by atoms with Gasteiger partial charge in [-0.2, -0.15) is 0 Å². The number of hydrogen-bond acceptors (Lipinski definition) is 5. The molecule has 0 bridgehead atoms. The zero-order valence-electron chi connectivity index (χ0n) is 11.9. The molecule has 114 valence electrons. The fourth-order valence-electron chi connectivity index (χ4n) is 2.63. The largest absolute Gasteiger partial charge is 0.305 e. The molecule has 3 aromatic rings. The molecule has 0 aliphatic carbocycles. The van der Waals surface area contributed by atoms with E-state index in [9.17, 15) is 9.18 Å². The predicted molar refractivity (Wildman–Crippen MR) is 86.1 cm³/mol. The summed E-state index contributed by atoms with van der Waals surface area (Å²) in [4.78, 5) is 28.0. The van der Waals surface area contributed by atoms with E-state index >= 15 is 0 Å². The third-order valence-corrected chi connectivity index (χ3v) is 4.68. The number of aromatic nitrogens is 3. The molecule has 0 saturated carbocycles. The van der Waals surface area contributed by atoms with Crippen LogP contribution in [0.25, 0.3) is 11.0 Å². The molecule has 1 aliphatic rings. The third kappa shape index (κ3) is 2.43. The van der Waals surface area contributed by atoms with Gasteiger partial charge in [0.15, 0.2) is 0 Å². The van der Waals surface area contributed by atoms with Crippen LogP contribution < -0.4 is 4.90 Å². The summed E-state index contributed by atoms with van der Waals surface area (Å²) in [6, 6.07) is 4.38. The first-order chi connectivity index (χ1) is 11.2. The van der Waals surface area contributed by atoms with Crippen molar-refractivity contribution in [3.8, 4) is 0 Å². The number of halogens is 1. The maximum absolute atomic E-state index is 13.9. The molecule has 0 spiro atoms. The lowest BCUT2D eigenvalue weighted by atomic mass is 10.1. The van der Waals surface area contributed by atoms with Gasteiger partial charge in [-0.1, -0.05) is 0 Å². The van der Waals surface area contributed by atoms with Crippen molar-refractivity contribution in [1.82, 2.24) is 15.0 Å². The van der Waals surface area contributed by atoms with Crippen molar-refractivity contribution in [3.63, 3.8) is 0 Å². The molecule has 0 radical (unpaired) electrons. The summed E-state index contributed by atoms with van der Waals surface area (Å²) in [5.74, 6) is -0.00880. The maximum Gasteiger partial charge on any atom is 0.260 e. The van der Waals surface area contributed by atoms with Crippen LogP contribution in [0.1, 0.15) is 10.4 Å². The molecule has 0 saturated heterocycles. The van der Waals surface area contributed by atoms with Gasteiger partial charge in [-0.3, -0.25) is 19.7 Å². The topological polar surface area (TPSA) is 59.0 Å². The van der Waals surface area contributed by atoms with Crippen molar-refractivity contribution in [2.75, 3.05) is 17.2 Å². The summed E-state index contributed by atoms with van der Waals surface area (Å²) in [7, 11) is 0. The highest BCUT2D eigenvalue weighted by Crippen LogP contribution is 2.35. The fourth-order valence-corrected chi connectivity index (χ4v) is 3.59. The molecule has 0 atom stereocenters. The molecule has 0 unspecified atom stereocenters. The second-order valence-electron chi connectivity index (χ2n) is 5.03. The van der Waals surface area contributed by atoms with Crippen molar-refractivity contribution in [2.24, 2.45) is 0 Å². The number of carbonyl (C=O) groups is 1. The second kappa shape index (κ2) is 5.58. The Morgan fingerprint density at radius 3 is 3.00 bits per heavy atom. The summed E-state index contributed by atoms with van der Waals surface area (Å²) in [6.07, 6.45) is 6.33. The lowest BCUT2D eigenvalue weighted by Crippen LogP contribution is -2.35. The van der Waals surface area contributed by atoms with Crippen LogP contribution in [0.2, 0.25) is 0 Å². The highest BCUT2D eigenvalue weighted by atomic mass is 32.2. The molecule has 5 nitrogen and oxygen atoms in total. The van der Waals surface area contributed by atoms with Gasteiger partial charge in [0.1, 0.15) is 11.3 Å². The van der Waals surface area contributed by atoms with E-state index in [1.807, 2.05) is 6.07 Å². The summed E-state index contributed by atoms with van der Waals surface area (Å²) < 4.78 is 13.9. The van der Waals surface area contributed by atoms with Crippen LogP contribution in [-0.2, 0) is 0 Å². The van der Waals surface area contributed by atoms with Gasteiger partial charge in [0.05, 0.1) is 23.0 Å². The third-order valence-electron chi connectivity index (χ3n) is 3.64. The Balaban J connectivity index is 1.85. The first-order valence-electron chi connectivity index (χ1n) is 7.03. The van der Waals surface area contributed by atoms with Crippen molar-refractivity contribution >= 4 is 34.4 Å². The number of rotatable bonds is 1. The lowest BCUT2D eigenvalue weighted by molar-refractivity contribution is 0.0988. The number of hydrogen-bond donors (Lipinski definition) is 0. The van der Waals surface area contributed by atoms with E-state index in [-0.39, 0.29) is 11.5 Å². The van der Waals surface area contributed by atoms with Crippen molar-refractivity contribution in [1.29, 1.82) is 0 Å². The first kappa shape index (κ1) is 14.1. The summed E-state index contributed by atoms with van der Waals surface area (Å²) in [5.41, 5.74) is 1.74. The van der Waals surface area contributed by atoms with E-state index in [0.29, 0.717) is 17.6 Å². The minimum absolute atomic E-state index is 0.217. The van der Waals surface area contributed by atoms with E-state index in [4.69, 9.17) is 0 Å². The van der Waals surface area contributed by atoms with Crippen LogP contribution >= 0.6 is 11.8 Å². The Morgan fingerprint density at radius 1 is 1.22 bits per heavy atom. The summed E-state index contributed by atoms with van der Waals surface area (Å²) in [5, 5.41) is 0. The maximum atomic E-state index is 13.9. The first-order valence-corrected chi connectivity index (χ1v) is 8.01. The molecule has 1 aliphatic heterocycles. The number of benzene rings is 1. The zero-order chi connectivity index (χ0) is 15.8. The fraction of sp³-hybridized carbons (Fsp3) is 0.125. The van der Waals surface area contributed by atoms with Gasteiger partial charge in [-0.25, -0.2) is 4.39 Å². The number of fused-ring (bicyclic) bond motifs is 2. The van der Waals surface area contributed by atoms with Crippen molar-refractivity contribution in [3.05, 3.63) is 54.4 Å². The lowest BCUT2D eigenvalue weighted by Gasteiger charge is -2.28. The SMILES string of the molecule is O=C(c1cc(F)cc2nccnc12)N1CCSc2ccncc21. The zero-order valence-corrected chi connectivity index (χ0v) is 12.8. The van der Waals surface area contributed by atoms with Crippen LogP contribution in [0.15, 0.2) is 47.9 Å². The van der Waals surface area contributed by atoms with E-state index in [2.05, 4.69) is 15.0 Å². The van der Waals surface area contributed by atoms with Gasteiger partial charge in [0, 0.05) is 41.8 Å². The van der Waals surface area contributed by atoms with E-state index in [1.165, 1.54) is 24.5 Å². The Bertz CT molecular complexity index is 917. The minimum atomic E-state index is -0.501. The number of anilines is 1. The average molecular weight is 326 g/mol.